The maximum atomic E-state index is 12.5. The number of halogens is 2. The Balaban J connectivity index is 1.67. The van der Waals surface area contributed by atoms with E-state index >= 15 is 0 Å². The van der Waals surface area contributed by atoms with Gasteiger partial charge in [-0.3, -0.25) is 24.7 Å². The summed E-state index contributed by atoms with van der Waals surface area (Å²) >= 11 is 14.1. The van der Waals surface area contributed by atoms with Gasteiger partial charge < -0.3 is 15.3 Å². The Morgan fingerprint density at radius 3 is 2.55 bits per heavy atom. The van der Waals surface area contributed by atoms with Crippen molar-refractivity contribution in [2.45, 2.75) is 21.9 Å². The van der Waals surface area contributed by atoms with Crippen LogP contribution in [0.1, 0.15) is 22.5 Å². The maximum Gasteiger partial charge on any atom is 0.294 e. The SMILES string of the molecule is O=C(NCC(=O)N1CCC(CO)CC1)c1cc([N+](=O)[O-])c(Sc2c(Cl)cncc2Cl)s1. The molecule has 9 nitrogen and oxygen atoms in total. The van der Waals surface area contributed by atoms with E-state index in [-0.39, 0.29) is 49.8 Å². The molecule has 3 heterocycles. The number of pyridine rings is 1. The minimum Gasteiger partial charge on any atom is -0.396 e. The third-order valence-electron chi connectivity index (χ3n) is 4.73. The number of likely N-dealkylation sites (tertiary alicyclic amines) is 1. The zero-order valence-electron chi connectivity index (χ0n) is 16.0. The zero-order valence-corrected chi connectivity index (χ0v) is 19.2. The second-order valence-electron chi connectivity index (χ2n) is 6.76. The van der Waals surface area contributed by atoms with Crippen molar-refractivity contribution in [3.8, 4) is 0 Å². The maximum absolute atomic E-state index is 12.5. The number of hydrogen-bond acceptors (Lipinski definition) is 8. The Labute approximate surface area is 195 Å². The average molecular weight is 505 g/mol. The molecule has 1 fully saturated rings. The van der Waals surface area contributed by atoms with Gasteiger partial charge in [0.1, 0.15) is 9.09 Å². The first-order valence-electron chi connectivity index (χ1n) is 9.22. The fraction of sp³-hybridized carbons (Fsp3) is 0.389. The van der Waals surface area contributed by atoms with Crippen LogP contribution in [0.15, 0.2) is 27.6 Å². The molecule has 2 amide bonds. The number of nitrogens with one attached hydrogen (secondary N) is 1. The first-order valence-corrected chi connectivity index (χ1v) is 11.6. The van der Waals surface area contributed by atoms with E-state index in [2.05, 4.69) is 10.3 Å². The van der Waals surface area contributed by atoms with E-state index in [9.17, 15) is 24.8 Å². The van der Waals surface area contributed by atoms with Crippen LogP contribution in [0, 0.1) is 16.0 Å². The van der Waals surface area contributed by atoms with Gasteiger partial charge in [-0.05, 0) is 18.8 Å². The van der Waals surface area contributed by atoms with E-state index in [0.717, 1.165) is 23.1 Å². The van der Waals surface area contributed by atoms with E-state index in [1.807, 2.05) is 0 Å². The second kappa shape index (κ2) is 10.6. The predicted octanol–water partition coefficient (Wildman–Crippen LogP) is 3.47. The molecular formula is C18H18Cl2N4O5S2. The molecule has 1 saturated heterocycles. The highest BCUT2D eigenvalue weighted by molar-refractivity contribution is 8.01. The second-order valence-corrected chi connectivity index (χ2v) is 9.91. The van der Waals surface area contributed by atoms with E-state index in [4.69, 9.17) is 23.2 Å². The van der Waals surface area contributed by atoms with Crippen molar-refractivity contribution in [1.82, 2.24) is 15.2 Å². The molecule has 0 spiro atoms. The van der Waals surface area contributed by atoms with Crippen LogP contribution in [0.5, 0.6) is 0 Å². The van der Waals surface area contributed by atoms with Crippen LogP contribution in [-0.2, 0) is 4.79 Å². The lowest BCUT2D eigenvalue weighted by molar-refractivity contribution is -0.387. The van der Waals surface area contributed by atoms with Crippen molar-refractivity contribution in [2.75, 3.05) is 26.2 Å². The molecule has 2 N–H and O–H groups in total. The fourth-order valence-corrected chi connectivity index (χ4v) is 5.77. The highest BCUT2D eigenvalue weighted by Crippen LogP contribution is 2.45. The summed E-state index contributed by atoms with van der Waals surface area (Å²) in [4.78, 5) is 41.7. The summed E-state index contributed by atoms with van der Waals surface area (Å²) in [5.41, 5.74) is -0.249. The summed E-state index contributed by atoms with van der Waals surface area (Å²) in [6.07, 6.45) is 4.18. The van der Waals surface area contributed by atoms with Crippen molar-refractivity contribution in [3.05, 3.63) is 43.5 Å². The summed E-state index contributed by atoms with van der Waals surface area (Å²) in [5.74, 6) is -0.616. The molecular weight excluding hydrogens is 487 g/mol. The minimum absolute atomic E-state index is 0.0993. The largest absolute Gasteiger partial charge is 0.396 e. The summed E-state index contributed by atoms with van der Waals surface area (Å²) in [5, 5.41) is 23.6. The van der Waals surface area contributed by atoms with Crippen LogP contribution in [0.2, 0.25) is 10.0 Å². The number of thiophene rings is 1. The van der Waals surface area contributed by atoms with Crippen molar-refractivity contribution in [3.63, 3.8) is 0 Å². The molecule has 0 atom stereocenters. The Morgan fingerprint density at radius 2 is 1.97 bits per heavy atom. The lowest BCUT2D eigenvalue weighted by Crippen LogP contribution is -2.44. The molecule has 1 aliphatic rings. The molecule has 166 valence electrons. The number of nitrogens with zero attached hydrogens (tertiary/aromatic N) is 3. The van der Waals surface area contributed by atoms with Gasteiger partial charge in [0.25, 0.3) is 11.6 Å². The number of amides is 2. The van der Waals surface area contributed by atoms with Crippen molar-refractivity contribution >= 4 is 63.8 Å². The number of rotatable bonds is 7. The molecule has 2 aromatic rings. The highest BCUT2D eigenvalue weighted by atomic mass is 35.5. The molecule has 31 heavy (non-hydrogen) atoms. The molecule has 0 aromatic carbocycles. The molecule has 0 unspecified atom stereocenters. The van der Waals surface area contributed by atoms with Gasteiger partial charge in [-0.15, -0.1) is 11.3 Å². The van der Waals surface area contributed by atoms with Gasteiger partial charge in [0, 0.05) is 38.2 Å². The van der Waals surface area contributed by atoms with Crippen LogP contribution in [-0.4, -0.2) is 58.0 Å². The molecule has 3 rings (SSSR count). The smallest absolute Gasteiger partial charge is 0.294 e. The number of nitro groups is 1. The topological polar surface area (TPSA) is 126 Å². The van der Waals surface area contributed by atoms with Crippen LogP contribution < -0.4 is 5.32 Å². The van der Waals surface area contributed by atoms with Gasteiger partial charge >= 0.3 is 0 Å². The Morgan fingerprint density at radius 1 is 1.32 bits per heavy atom. The van der Waals surface area contributed by atoms with E-state index in [0.29, 0.717) is 30.8 Å². The fourth-order valence-electron chi connectivity index (χ4n) is 2.99. The van der Waals surface area contributed by atoms with Gasteiger partial charge in [0.05, 0.1) is 26.4 Å². The highest BCUT2D eigenvalue weighted by Gasteiger charge is 2.26. The van der Waals surface area contributed by atoms with Crippen LogP contribution in [0.4, 0.5) is 5.69 Å². The summed E-state index contributed by atoms with van der Waals surface area (Å²) < 4.78 is 0.238. The molecule has 0 saturated carbocycles. The Kier molecular flexibility index (Phi) is 8.11. The zero-order chi connectivity index (χ0) is 22.5. The number of aromatic nitrogens is 1. The predicted molar refractivity (Wildman–Crippen MR) is 118 cm³/mol. The molecule has 1 aliphatic heterocycles. The number of hydrogen-bond donors (Lipinski definition) is 2. The van der Waals surface area contributed by atoms with E-state index in [1.54, 1.807) is 4.90 Å². The van der Waals surface area contributed by atoms with Gasteiger partial charge in [-0.25, -0.2) is 0 Å². The quantitative estimate of drug-likeness (QED) is 0.436. The number of aliphatic hydroxyl groups is 1. The van der Waals surface area contributed by atoms with Crippen LogP contribution in [0.25, 0.3) is 0 Å². The van der Waals surface area contributed by atoms with Crippen LogP contribution >= 0.6 is 46.3 Å². The van der Waals surface area contributed by atoms with E-state index < -0.39 is 10.8 Å². The molecule has 13 heteroatoms. The monoisotopic (exact) mass is 504 g/mol. The normalized spacial score (nSPS) is 14.5. The molecule has 0 bridgehead atoms. The van der Waals surface area contributed by atoms with Crippen molar-refractivity contribution < 1.29 is 19.6 Å². The number of carbonyl (C=O) groups excluding carboxylic acids is 2. The summed E-state index contributed by atoms with van der Waals surface area (Å²) in [6, 6.07) is 1.17. The Hall–Kier alpha value is -1.92. The van der Waals surface area contributed by atoms with Crippen molar-refractivity contribution in [2.24, 2.45) is 5.92 Å². The number of carbonyl (C=O) groups is 2. The first-order chi connectivity index (χ1) is 14.8. The third kappa shape index (κ3) is 5.86. The van der Waals surface area contributed by atoms with E-state index in [1.165, 1.54) is 18.5 Å². The first kappa shape index (κ1) is 23.7. The number of aliphatic hydroxyl groups excluding tert-OH is 1. The average Bonchev–Trinajstić information content (AvgIpc) is 3.19. The Bertz CT molecular complexity index is 975. The number of piperidine rings is 1. The van der Waals surface area contributed by atoms with Crippen LogP contribution in [0.3, 0.4) is 0 Å². The minimum atomic E-state index is -0.588. The summed E-state index contributed by atoms with van der Waals surface area (Å²) in [7, 11) is 0. The molecule has 2 aromatic heterocycles. The van der Waals surface area contributed by atoms with Gasteiger partial charge in [-0.1, -0.05) is 35.0 Å². The standard InChI is InChI=1S/C18H18Cl2N4O5S2/c19-11-6-21-7-12(20)16(11)31-18-13(24(28)29)5-14(30-18)17(27)22-8-15(26)23-3-1-10(9-25)2-4-23/h5-7,10,25H,1-4,8-9H2,(H,22,27). The van der Waals surface area contributed by atoms with Gasteiger partial charge in [0.2, 0.25) is 5.91 Å². The van der Waals surface area contributed by atoms with Gasteiger partial charge in [-0.2, -0.15) is 0 Å². The van der Waals surface area contributed by atoms with Gasteiger partial charge in [0.15, 0.2) is 0 Å². The molecule has 0 radical (unpaired) electrons. The van der Waals surface area contributed by atoms with Crippen molar-refractivity contribution in [1.29, 1.82) is 0 Å². The third-order valence-corrected chi connectivity index (χ3v) is 7.98. The summed E-state index contributed by atoms with van der Waals surface area (Å²) in [6.45, 7) is 0.947. The molecule has 0 aliphatic carbocycles. The lowest BCUT2D eigenvalue weighted by Gasteiger charge is -2.31. The lowest BCUT2D eigenvalue weighted by atomic mass is 9.98.